The molecule has 2 fully saturated rings. The molecule has 2 saturated heterocycles. The van der Waals surface area contributed by atoms with Crippen LogP contribution in [0.4, 0.5) is 5.82 Å². The Morgan fingerprint density at radius 1 is 1.00 bits per heavy atom. The van der Waals surface area contributed by atoms with Crippen LogP contribution in [0.2, 0.25) is 0 Å². The van der Waals surface area contributed by atoms with Crippen molar-refractivity contribution < 1.29 is 9.84 Å². The number of ether oxygens (including phenoxy) is 1. The van der Waals surface area contributed by atoms with Crippen LogP contribution in [0.15, 0.2) is 24.3 Å². The number of aromatic nitrogens is 6. The van der Waals surface area contributed by atoms with Gasteiger partial charge in [0.25, 0.3) is 0 Å². The van der Waals surface area contributed by atoms with E-state index < -0.39 is 0 Å². The van der Waals surface area contributed by atoms with Gasteiger partial charge in [-0.2, -0.15) is 9.97 Å². The molecule has 0 aliphatic carbocycles. The minimum absolute atomic E-state index is 0.222. The van der Waals surface area contributed by atoms with Crippen molar-refractivity contribution >= 4 is 28.0 Å². The monoisotopic (exact) mass is 518 g/mol. The molecule has 2 aliphatic heterocycles. The highest BCUT2D eigenvalue weighted by atomic mass is 16.5. The Kier molecular flexibility index (Phi) is 6.79. The SMILES string of the molecule is Cc1nc2ccccc2n1-c1nc(N2CCOCC2)c2nc(CN3CCC(C(O)C(C)C)CC3)n(C)c2n1. The van der Waals surface area contributed by atoms with Crippen LogP contribution >= 0.6 is 0 Å². The fourth-order valence-corrected chi connectivity index (χ4v) is 5.91. The van der Waals surface area contributed by atoms with Crippen LogP contribution in [0.25, 0.3) is 28.1 Å². The van der Waals surface area contributed by atoms with Gasteiger partial charge in [-0.1, -0.05) is 26.0 Å². The number of nitrogens with zero attached hydrogens (tertiary/aromatic N) is 8. The van der Waals surface area contributed by atoms with Crippen LogP contribution in [0.1, 0.15) is 38.3 Å². The minimum Gasteiger partial charge on any atom is -0.393 e. The van der Waals surface area contributed by atoms with E-state index in [9.17, 15) is 5.11 Å². The van der Waals surface area contributed by atoms with Crippen molar-refractivity contribution in [3.05, 3.63) is 35.9 Å². The second-order valence-electron chi connectivity index (χ2n) is 11.0. The van der Waals surface area contributed by atoms with Crippen molar-refractivity contribution in [1.29, 1.82) is 0 Å². The fraction of sp³-hybridized carbons (Fsp3) is 0.571. The third-order valence-electron chi connectivity index (χ3n) is 8.18. The molecule has 2 aliphatic rings. The van der Waals surface area contributed by atoms with Crippen molar-refractivity contribution in [3.8, 4) is 5.95 Å². The van der Waals surface area contributed by atoms with E-state index >= 15 is 0 Å². The molecule has 0 amide bonds. The Bertz CT molecular complexity index is 1430. The highest BCUT2D eigenvalue weighted by Crippen LogP contribution is 2.30. The van der Waals surface area contributed by atoms with Gasteiger partial charge >= 0.3 is 0 Å². The number of aryl methyl sites for hydroxylation is 2. The first-order valence-electron chi connectivity index (χ1n) is 13.8. The topological polar surface area (TPSA) is 97.4 Å². The molecular formula is C28H38N8O2. The molecule has 1 atom stereocenters. The summed E-state index contributed by atoms with van der Waals surface area (Å²) < 4.78 is 9.79. The maximum atomic E-state index is 10.5. The number of hydrogen-bond acceptors (Lipinski definition) is 8. The number of rotatable bonds is 6. The lowest BCUT2D eigenvalue weighted by Crippen LogP contribution is -2.39. The predicted molar refractivity (Wildman–Crippen MR) is 148 cm³/mol. The quantitative estimate of drug-likeness (QED) is 0.416. The van der Waals surface area contributed by atoms with Crippen LogP contribution in [0.3, 0.4) is 0 Å². The number of hydrogen-bond donors (Lipinski definition) is 1. The second-order valence-corrected chi connectivity index (χ2v) is 11.0. The van der Waals surface area contributed by atoms with Crippen LogP contribution in [-0.2, 0) is 18.3 Å². The van der Waals surface area contributed by atoms with Gasteiger partial charge in [0.1, 0.15) is 11.6 Å². The number of morpholine rings is 1. The average molecular weight is 519 g/mol. The van der Waals surface area contributed by atoms with Gasteiger partial charge in [-0.05, 0) is 56.8 Å². The number of piperidine rings is 1. The first kappa shape index (κ1) is 25.2. The lowest BCUT2D eigenvalue weighted by Gasteiger charge is -2.35. The van der Waals surface area contributed by atoms with Gasteiger partial charge in [0, 0.05) is 20.1 Å². The molecule has 1 aromatic carbocycles. The molecule has 1 N–H and O–H groups in total. The number of anilines is 1. The highest BCUT2D eigenvalue weighted by Gasteiger charge is 2.29. The molecule has 0 spiro atoms. The van der Waals surface area contributed by atoms with Gasteiger partial charge in [-0.3, -0.25) is 9.47 Å². The second kappa shape index (κ2) is 10.2. The molecule has 0 bridgehead atoms. The van der Waals surface area contributed by atoms with E-state index in [-0.39, 0.29) is 6.10 Å². The largest absolute Gasteiger partial charge is 0.393 e. The summed E-state index contributed by atoms with van der Waals surface area (Å²) in [6.45, 7) is 11.8. The van der Waals surface area contributed by atoms with E-state index in [1.165, 1.54) is 0 Å². The van der Waals surface area contributed by atoms with Gasteiger partial charge in [0.15, 0.2) is 17.0 Å². The van der Waals surface area contributed by atoms with Crippen molar-refractivity contribution in [1.82, 2.24) is 34.0 Å². The maximum absolute atomic E-state index is 10.5. The molecule has 4 aromatic rings. The first-order chi connectivity index (χ1) is 18.4. The maximum Gasteiger partial charge on any atom is 0.239 e. The summed E-state index contributed by atoms with van der Waals surface area (Å²) in [6, 6.07) is 8.10. The fourth-order valence-electron chi connectivity index (χ4n) is 5.91. The van der Waals surface area contributed by atoms with Crippen LogP contribution in [0, 0.1) is 18.8 Å². The van der Waals surface area contributed by atoms with Crippen molar-refractivity contribution in [2.45, 2.75) is 46.3 Å². The lowest BCUT2D eigenvalue weighted by molar-refractivity contribution is 0.0264. The lowest BCUT2D eigenvalue weighted by atomic mass is 9.86. The van der Waals surface area contributed by atoms with Gasteiger partial charge in [-0.15, -0.1) is 0 Å². The molecule has 10 heteroatoms. The first-order valence-corrected chi connectivity index (χ1v) is 13.8. The van der Waals surface area contributed by atoms with Gasteiger partial charge in [-0.25, -0.2) is 9.97 Å². The number of para-hydroxylation sites is 2. The number of imidazole rings is 2. The molecule has 1 unspecified atom stereocenters. The Labute approximate surface area is 223 Å². The third-order valence-corrected chi connectivity index (χ3v) is 8.18. The Morgan fingerprint density at radius 2 is 1.74 bits per heavy atom. The van der Waals surface area contributed by atoms with Gasteiger partial charge in [0.2, 0.25) is 5.95 Å². The summed E-state index contributed by atoms with van der Waals surface area (Å²) in [7, 11) is 2.05. The molecule has 3 aromatic heterocycles. The smallest absolute Gasteiger partial charge is 0.239 e. The zero-order valence-electron chi connectivity index (χ0n) is 22.8. The molecular weight excluding hydrogens is 480 g/mol. The number of benzene rings is 1. The van der Waals surface area contributed by atoms with E-state index in [0.29, 0.717) is 31.0 Å². The minimum atomic E-state index is -0.222. The summed E-state index contributed by atoms with van der Waals surface area (Å²) in [5, 5.41) is 10.5. The molecule has 5 heterocycles. The summed E-state index contributed by atoms with van der Waals surface area (Å²) in [5.41, 5.74) is 3.58. The third kappa shape index (κ3) is 4.54. The standard InChI is InChI=1S/C28H38N8O2/c1-18(2)25(37)20-9-11-34(12-10-20)17-23-30-24-26(33(23)4)31-28(32-27(24)35-13-15-38-16-14-35)36-19(3)29-21-7-5-6-8-22(21)36/h5-8,18,20,25,37H,9-17H2,1-4H3. The van der Waals surface area contributed by atoms with E-state index in [1.807, 2.05) is 29.7 Å². The zero-order valence-corrected chi connectivity index (χ0v) is 22.8. The van der Waals surface area contributed by atoms with E-state index in [4.69, 9.17) is 24.7 Å². The predicted octanol–water partition coefficient (Wildman–Crippen LogP) is 3.08. The van der Waals surface area contributed by atoms with Crippen molar-refractivity contribution in [2.24, 2.45) is 18.9 Å². The molecule has 10 nitrogen and oxygen atoms in total. The number of likely N-dealkylation sites (tertiary alicyclic amines) is 1. The summed E-state index contributed by atoms with van der Waals surface area (Å²) in [4.78, 5) is 24.7. The zero-order chi connectivity index (χ0) is 26.4. The van der Waals surface area contributed by atoms with E-state index in [0.717, 1.165) is 85.2 Å². The van der Waals surface area contributed by atoms with Crippen molar-refractivity contribution in [3.63, 3.8) is 0 Å². The summed E-state index contributed by atoms with van der Waals surface area (Å²) >= 11 is 0. The molecule has 6 rings (SSSR count). The Hall–Kier alpha value is -3.08. The molecule has 0 saturated carbocycles. The van der Waals surface area contributed by atoms with Crippen LogP contribution in [-0.4, -0.2) is 84.6 Å². The van der Waals surface area contributed by atoms with Crippen molar-refractivity contribution in [2.75, 3.05) is 44.3 Å². The van der Waals surface area contributed by atoms with E-state index in [1.54, 1.807) is 0 Å². The van der Waals surface area contributed by atoms with Crippen LogP contribution in [0.5, 0.6) is 0 Å². The number of aliphatic hydroxyl groups excluding tert-OH is 1. The average Bonchev–Trinajstić information content (AvgIpc) is 3.44. The van der Waals surface area contributed by atoms with E-state index in [2.05, 4.69) is 41.3 Å². The highest BCUT2D eigenvalue weighted by molar-refractivity contribution is 5.86. The van der Waals surface area contributed by atoms with Crippen LogP contribution < -0.4 is 4.90 Å². The van der Waals surface area contributed by atoms with Gasteiger partial charge < -0.3 is 19.3 Å². The number of fused-ring (bicyclic) bond motifs is 2. The van der Waals surface area contributed by atoms with Gasteiger partial charge in [0.05, 0.1) is 36.9 Å². The normalized spacial score (nSPS) is 18.7. The molecule has 38 heavy (non-hydrogen) atoms. The number of aliphatic hydroxyl groups is 1. The summed E-state index contributed by atoms with van der Waals surface area (Å²) in [6.07, 6.45) is 1.80. The summed E-state index contributed by atoms with van der Waals surface area (Å²) in [5.74, 6) is 3.98. The Balaban J connectivity index is 1.37. The molecule has 202 valence electrons. The Morgan fingerprint density at radius 3 is 2.47 bits per heavy atom. The molecule has 0 radical (unpaired) electrons.